The molecule has 1 aliphatic heterocycles. The number of amides is 1. The van der Waals surface area contributed by atoms with Crippen molar-refractivity contribution < 1.29 is 32.7 Å². The minimum absolute atomic E-state index is 0.156. The van der Waals surface area contributed by atoms with E-state index in [0.717, 1.165) is 38.2 Å². The van der Waals surface area contributed by atoms with Crippen molar-refractivity contribution in [1.29, 1.82) is 0 Å². The summed E-state index contributed by atoms with van der Waals surface area (Å²) < 4.78 is 44.8. The Bertz CT molecular complexity index is 1050. The van der Waals surface area contributed by atoms with Crippen molar-refractivity contribution in [2.24, 2.45) is 5.16 Å². The Morgan fingerprint density at radius 3 is 2.63 bits per heavy atom. The summed E-state index contributed by atoms with van der Waals surface area (Å²) in [6.07, 6.45) is 4.44. The monoisotopic (exact) mass is 606 g/mol. The van der Waals surface area contributed by atoms with Gasteiger partial charge in [0.05, 0.1) is 36.4 Å². The fourth-order valence-electron chi connectivity index (χ4n) is 3.48. The lowest BCUT2D eigenvalue weighted by atomic mass is 10.1. The molecule has 0 unspecified atom stereocenters. The first-order valence-corrected chi connectivity index (χ1v) is 12.1. The molecule has 0 bridgehead atoms. The van der Waals surface area contributed by atoms with E-state index in [-0.39, 0.29) is 36.6 Å². The molecule has 1 saturated heterocycles. The van der Waals surface area contributed by atoms with E-state index < -0.39 is 29.0 Å². The van der Waals surface area contributed by atoms with Gasteiger partial charge in [-0.15, -0.1) is 0 Å². The maximum Gasteiger partial charge on any atom is 0.277 e. The van der Waals surface area contributed by atoms with E-state index in [1.54, 1.807) is 6.07 Å². The van der Waals surface area contributed by atoms with Crippen LogP contribution in [-0.4, -0.2) is 61.6 Å². The fraction of sp³-hybridized carbons (Fsp3) is 0.391. The number of halogens is 4. The molecule has 2 aromatic rings. The van der Waals surface area contributed by atoms with Gasteiger partial charge < -0.3 is 15.3 Å². The normalized spacial score (nSPS) is 14.3. The number of piperidine rings is 1. The standard InChI is InChI=1S/C23H26F3IN4O4/c24-18-13-16(27)4-5-19(18)29-22-17(23(33)30-35-11-9-32)12-15(20(25)21(22)26)14-28-34-10-8-31-6-2-1-3-7-31/h4-5,12-14,29,32H,1-3,6-11H2,(H,30,33)/b28-14+. The van der Waals surface area contributed by atoms with Crippen molar-refractivity contribution >= 4 is 46.1 Å². The van der Waals surface area contributed by atoms with E-state index >= 15 is 4.39 Å². The summed E-state index contributed by atoms with van der Waals surface area (Å²) >= 11 is 1.90. The number of hydroxylamine groups is 1. The minimum atomic E-state index is -1.41. The van der Waals surface area contributed by atoms with E-state index in [1.165, 1.54) is 18.6 Å². The number of nitrogens with zero attached hydrogens (tertiary/aromatic N) is 2. The van der Waals surface area contributed by atoms with Crippen LogP contribution in [-0.2, 0) is 9.68 Å². The highest BCUT2D eigenvalue weighted by molar-refractivity contribution is 14.1. The molecule has 3 N–H and O–H groups in total. The zero-order valence-corrected chi connectivity index (χ0v) is 21.0. The summed E-state index contributed by atoms with van der Waals surface area (Å²) in [5, 5.41) is 15.0. The van der Waals surface area contributed by atoms with Gasteiger partial charge in [0.1, 0.15) is 12.4 Å². The van der Waals surface area contributed by atoms with Crippen LogP contribution in [0.4, 0.5) is 24.5 Å². The predicted molar refractivity (Wildman–Crippen MR) is 133 cm³/mol. The van der Waals surface area contributed by atoms with Crippen LogP contribution in [0.15, 0.2) is 29.4 Å². The molecular formula is C23H26F3IN4O4. The summed E-state index contributed by atoms with van der Waals surface area (Å²) in [7, 11) is 0. The average molecular weight is 606 g/mol. The van der Waals surface area contributed by atoms with Gasteiger partial charge in [0, 0.05) is 15.7 Å². The van der Waals surface area contributed by atoms with Gasteiger partial charge in [-0.05, 0) is 72.8 Å². The lowest BCUT2D eigenvalue weighted by Crippen LogP contribution is -2.32. The van der Waals surface area contributed by atoms with Gasteiger partial charge >= 0.3 is 0 Å². The van der Waals surface area contributed by atoms with Crippen LogP contribution in [0.2, 0.25) is 0 Å². The Hall–Kier alpha value is -2.42. The fourth-order valence-corrected chi connectivity index (χ4v) is 3.94. The van der Waals surface area contributed by atoms with Crippen LogP contribution in [0, 0.1) is 21.0 Å². The van der Waals surface area contributed by atoms with E-state index in [0.29, 0.717) is 10.1 Å². The molecule has 12 heteroatoms. The van der Waals surface area contributed by atoms with Gasteiger partial charge in [-0.3, -0.25) is 14.5 Å². The molecule has 0 saturated carbocycles. The SMILES string of the molecule is O=C(NOCCO)c1cc(/C=N/OCCN2CCCCC2)c(F)c(F)c1Nc1ccc(I)cc1F. The van der Waals surface area contributed by atoms with Gasteiger partial charge in [0.15, 0.2) is 11.6 Å². The Morgan fingerprint density at radius 2 is 1.91 bits per heavy atom. The number of oxime groups is 1. The van der Waals surface area contributed by atoms with Crippen molar-refractivity contribution in [2.75, 3.05) is 44.8 Å². The first-order chi connectivity index (χ1) is 16.9. The summed E-state index contributed by atoms with van der Waals surface area (Å²) in [5.74, 6) is -4.36. The largest absolute Gasteiger partial charge is 0.394 e. The number of hydrogen-bond donors (Lipinski definition) is 3. The molecule has 190 valence electrons. The molecule has 3 rings (SSSR count). The quantitative estimate of drug-likeness (QED) is 0.155. The molecule has 0 radical (unpaired) electrons. The molecule has 8 nitrogen and oxygen atoms in total. The van der Waals surface area contributed by atoms with Crippen molar-refractivity contribution in [2.45, 2.75) is 19.3 Å². The maximum absolute atomic E-state index is 15.1. The number of likely N-dealkylation sites (tertiary alicyclic amines) is 1. The summed E-state index contributed by atoms with van der Waals surface area (Å²) in [5.41, 5.74) is 0.577. The number of benzene rings is 2. The van der Waals surface area contributed by atoms with Crippen LogP contribution in [0.25, 0.3) is 0 Å². The lowest BCUT2D eigenvalue weighted by molar-refractivity contribution is 0.0168. The van der Waals surface area contributed by atoms with Gasteiger partial charge in [0.25, 0.3) is 5.91 Å². The highest BCUT2D eigenvalue weighted by atomic mass is 127. The highest BCUT2D eigenvalue weighted by Crippen LogP contribution is 2.30. The second-order valence-corrected chi connectivity index (χ2v) is 8.98. The molecule has 0 aliphatic carbocycles. The van der Waals surface area contributed by atoms with Crippen LogP contribution in [0.1, 0.15) is 35.2 Å². The molecule has 0 atom stereocenters. The smallest absolute Gasteiger partial charge is 0.277 e. The molecule has 1 fully saturated rings. The van der Waals surface area contributed by atoms with Gasteiger partial charge in [-0.25, -0.2) is 18.7 Å². The Morgan fingerprint density at radius 1 is 1.14 bits per heavy atom. The minimum Gasteiger partial charge on any atom is -0.394 e. The topological polar surface area (TPSA) is 95.4 Å². The third-order valence-electron chi connectivity index (χ3n) is 5.24. The molecule has 2 aromatic carbocycles. The molecule has 0 aromatic heterocycles. The van der Waals surface area contributed by atoms with Gasteiger partial charge in [-0.1, -0.05) is 11.6 Å². The van der Waals surface area contributed by atoms with Crippen molar-refractivity contribution in [3.63, 3.8) is 0 Å². The number of hydrogen-bond acceptors (Lipinski definition) is 7. The molecule has 1 aliphatic rings. The van der Waals surface area contributed by atoms with Crippen molar-refractivity contribution in [3.8, 4) is 0 Å². The predicted octanol–water partition coefficient (Wildman–Crippen LogP) is 3.94. The van der Waals surface area contributed by atoms with Crippen LogP contribution in [0.3, 0.4) is 0 Å². The highest BCUT2D eigenvalue weighted by Gasteiger charge is 2.23. The Kier molecular flexibility index (Phi) is 10.6. The van der Waals surface area contributed by atoms with Crippen molar-refractivity contribution in [3.05, 3.63) is 56.4 Å². The second-order valence-electron chi connectivity index (χ2n) is 7.74. The van der Waals surface area contributed by atoms with Crippen LogP contribution >= 0.6 is 22.6 Å². The number of carbonyl (C=O) groups excluding carboxylic acids is 1. The lowest BCUT2D eigenvalue weighted by Gasteiger charge is -2.25. The number of aliphatic hydroxyl groups excluding tert-OH is 1. The number of aliphatic hydroxyl groups is 1. The second kappa shape index (κ2) is 13.6. The van der Waals surface area contributed by atoms with Crippen LogP contribution < -0.4 is 10.8 Å². The molecular weight excluding hydrogens is 580 g/mol. The molecule has 0 spiro atoms. The van der Waals surface area contributed by atoms with Gasteiger partial charge in [0.2, 0.25) is 0 Å². The summed E-state index contributed by atoms with van der Waals surface area (Å²) in [6, 6.07) is 5.14. The first-order valence-electron chi connectivity index (χ1n) is 11.1. The van der Waals surface area contributed by atoms with E-state index in [1.807, 2.05) is 28.1 Å². The Labute approximate surface area is 214 Å². The first kappa shape index (κ1) is 27.2. The zero-order chi connectivity index (χ0) is 25.2. The summed E-state index contributed by atoms with van der Waals surface area (Å²) in [6.45, 7) is 2.31. The molecule has 35 heavy (non-hydrogen) atoms. The number of carbonyl (C=O) groups is 1. The Balaban J connectivity index is 1.81. The molecule has 1 amide bonds. The summed E-state index contributed by atoms with van der Waals surface area (Å²) in [4.78, 5) is 24.8. The number of anilines is 2. The third kappa shape index (κ3) is 7.78. The van der Waals surface area contributed by atoms with E-state index in [4.69, 9.17) is 14.8 Å². The number of rotatable bonds is 11. The van der Waals surface area contributed by atoms with E-state index in [9.17, 15) is 13.6 Å². The zero-order valence-electron chi connectivity index (χ0n) is 18.8. The maximum atomic E-state index is 15.1. The molecule has 1 heterocycles. The number of nitrogens with one attached hydrogen (secondary N) is 2. The van der Waals surface area contributed by atoms with Gasteiger partial charge in [-0.2, -0.15) is 0 Å². The van der Waals surface area contributed by atoms with E-state index in [2.05, 4.69) is 15.4 Å². The van der Waals surface area contributed by atoms with Crippen molar-refractivity contribution in [1.82, 2.24) is 10.4 Å². The third-order valence-corrected chi connectivity index (χ3v) is 5.91. The van der Waals surface area contributed by atoms with Crippen LogP contribution in [0.5, 0.6) is 0 Å². The average Bonchev–Trinajstić information content (AvgIpc) is 2.85.